The van der Waals surface area contributed by atoms with Crippen LogP contribution < -0.4 is 10.5 Å². The van der Waals surface area contributed by atoms with Gasteiger partial charge in [-0.2, -0.15) is 0 Å². The van der Waals surface area contributed by atoms with Crippen molar-refractivity contribution >= 4 is 5.69 Å². The summed E-state index contributed by atoms with van der Waals surface area (Å²) in [4.78, 5) is 10.2. The standard InChI is InChI=1S/C11H18N4O/c12-10-8-13-9-14-11(10)16-7-6-15-4-2-1-3-5-15/h8-9H,1-7,12H2. The molecule has 0 spiro atoms. The van der Waals surface area contributed by atoms with E-state index in [0.717, 1.165) is 6.54 Å². The number of nitrogens with zero attached hydrogens (tertiary/aromatic N) is 3. The number of nitrogen functional groups attached to an aromatic ring is 1. The molecule has 0 amide bonds. The molecule has 1 saturated heterocycles. The van der Waals surface area contributed by atoms with Gasteiger partial charge in [0.2, 0.25) is 5.88 Å². The minimum atomic E-state index is 0.493. The molecule has 1 aliphatic heterocycles. The van der Waals surface area contributed by atoms with Gasteiger partial charge < -0.3 is 10.5 Å². The van der Waals surface area contributed by atoms with E-state index >= 15 is 0 Å². The number of nitrogens with two attached hydrogens (primary N) is 1. The summed E-state index contributed by atoms with van der Waals surface area (Å²) in [5, 5.41) is 0. The quantitative estimate of drug-likeness (QED) is 0.820. The van der Waals surface area contributed by atoms with Crippen LogP contribution in [0, 0.1) is 0 Å². The van der Waals surface area contributed by atoms with Crippen molar-refractivity contribution in [2.24, 2.45) is 0 Å². The van der Waals surface area contributed by atoms with Gasteiger partial charge in [-0.15, -0.1) is 0 Å². The van der Waals surface area contributed by atoms with Gasteiger partial charge >= 0.3 is 0 Å². The van der Waals surface area contributed by atoms with Crippen LogP contribution in [0.4, 0.5) is 5.69 Å². The second kappa shape index (κ2) is 5.65. The molecule has 5 heteroatoms. The van der Waals surface area contributed by atoms with E-state index in [4.69, 9.17) is 10.5 Å². The molecule has 0 saturated carbocycles. The highest BCUT2D eigenvalue weighted by atomic mass is 16.5. The van der Waals surface area contributed by atoms with Crippen LogP contribution in [0.15, 0.2) is 12.5 Å². The third-order valence-corrected chi connectivity index (χ3v) is 2.80. The molecule has 5 nitrogen and oxygen atoms in total. The van der Waals surface area contributed by atoms with Crippen LogP contribution in [0.1, 0.15) is 19.3 Å². The van der Waals surface area contributed by atoms with E-state index in [0.29, 0.717) is 18.2 Å². The van der Waals surface area contributed by atoms with Gasteiger partial charge in [-0.05, 0) is 25.9 Å². The van der Waals surface area contributed by atoms with E-state index in [1.54, 1.807) is 6.20 Å². The lowest BCUT2D eigenvalue weighted by molar-refractivity contribution is 0.181. The van der Waals surface area contributed by atoms with E-state index in [-0.39, 0.29) is 0 Å². The molecule has 2 N–H and O–H groups in total. The minimum absolute atomic E-state index is 0.493. The Morgan fingerprint density at radius 2 is 2.12 bits per heavy atom. The smallest absolute Gasteiger partial charge is 0.240 e. The predicted octanol–water partition coefficient (Wildman–Crippen LogP) is 0.923. The van der Waals surface area contributed by atoms with Gasteiger partial charge in [0.25, 0.3) is 0 Å². The summed E-state index contributed by atoms with van der Waals surface area (Å²) in [6.07, 6.45) is 6.97. The first-order chi connectivity index (χ1) is 7.86. The third kappa shape index (κ3) is 3.06. The number of anilines is 1. The zero-order valence-electron chi connectivity index (χ0n) is 9.43. The summed E-state index contributed by atoms with van der Waals surface area (Å²) in [7, 11) is 0. The molecular weight excluding hydrogens is 204 g/mol. The lowest BCUT2D eigenvalue weighted by atomic mass is 10.1. The van der Waals surface area contributed by atoms with Crippen molar-refractivity contribution in [3.05, 3.63) is 12.5 Å². The van der Waals surface area contributed by atoms with Gasteiger partial charge in [-0.3, -0.25) is 4.90 Å². The molecular formula is C11H18N4O. The van der Waals surface area contributed by atoms with Crippen molar-refractivity contribution in [1.82, 2.24) is 14.9 Å². The Morgan fingerprint density at radius 1 is 1.31 bits per heavy atom. The van der Waals surface area contributed by atoms with E-state index < -0.39 is 0 Å². The van der Waals surface area contributed by atoms with Crippen LogP contribution in [0.5, 0.6) is 5.88 Å². The molecule has 88 valence electrons. The van der Waals surface area contributed by atoms with Crippen molar-refractivity contribution in [3.8, 4) is 5.88 Å². The fourth-order valence-corrected chi connectivity index (χ4v) is 1.90. The van der Waals surface area contributed by atoms with E-state index in [1.165, 1.54) is 38.7 Å². The number of aromatic nitrogens is 2. The summed E-state index contributed by atoms with van der Waals surface area (Å²) >= 11 is 0. The Kier molecular flexibility index (Phi) is 3.93. The van der Waals surface area contributed by atoms with Crippen molar-refractivity contribution in [3.63, 3.8) is 0 Å². The Labute approximate surface area is 95.6 Å². The molecule has 0 radical (unpaired) electrons. The first-order valence-corrected chi connectivity index (χ1v) is 5.77. The first-order valence-electron chi connectivity index (χ1n) is 5.77. The summed E-state index contributed by atoms with van der Waals surface area (Å²) in [6, 6.07) is 0. The summed E-state index contributed by atoms with van der Waals surface area (Å²) in [6.45, 7) is 3.95. The molecule has 0 bridgehead atoms. The largest absolute Gasteiger partial charge is 0.475 e. The zero-order chi connectivity index (χ0) is 11.2. The Bertz CT molecular complexity index is 326. The number of piperidine rings is 1. The molecule has 1 fully saturated rings. The van der Waals surface area contributed by atoms with E-state index in [1.807, 2.05) is 0 Å². The van der Waals surface area contributed by atoms with Gasteiger partial charge in [0.1, 0.15) is 18.6 Å². The van der Waals surface area contributed by atoms with Crippen LogP contribution >= 0.6 is 0 Å². The molecule has 0 aromatic carbocycles. The third-order valence-electron chi connectivity index (χ3n) is 2.80. The number of hydrogen-bond acceptors (Lipinski definition) is 5. The minimum Gasteiger partial charge on any atom is -0.475 e. The van der Waals surface area contributed by atoms with Gasteiger partial charge in [0, 0.05) is 6.54 Å². The van der Waals surface area contributed by atoms with Gasteiger partial charge in [-0.25, -0.2) is 9.97 Å². The van der Waals surface area contributed by atoms with Crippen LogP contribution in [-0.4, -0.2) is 41.1 Å². The van der Waals surface area contributed by atoms with Crippen LogP contribution in [0.2, 0.25) is 0 Å². The Hall–Kier alpha value is -1.36. The Morgan fingerprint density at radius 3 is 2.88 bits per heavy atom. The summed E-state index contributed by atoms with van der Waals surface area (Å²) in [5.41, 5.74) is 6.18. The first kappa shape index (κ1) is 11.1. The van der Waals surface area contributed by atoms with Crippen LogP contribution in [-0.2, 0) is 0 Å². The maximum Gasteiger partial charge on any atom is 0.240 e. The van der Waals surface area contributed by atoms with Crippen molar-refractivity contribution in [2.45, 2.75) is 19.3 Å². The van der Waals surface area contributed by atoms with Gasteiger partial charge in [-0.1, -0.05) is 6.42 Å². The molecule has 2 rings (SSSR count). The molecule has 0 aliphatic carbocycles. The number of ether oxygens (including phenoxy) is 1. The Balaban J connectivity index is 1.73. The molecule has 1 aliphatic rings. The highest BCUT2D eigenvalue weighted by molar-refractivity contribution is 5.44. The highest BCUT2D eigenvalue weighted by Gasteiger charge is 2.10. The topological polar surface area (TPSA) is 64.3 Å². The van der Waals surface area contributed by atoms with Crippen molar-refractivity contribution in [1.29, 1.82) is 0 Å². The maximum absolute atomic E-state index is 5.68. The van der Waals surface area contributed by atoms with Crippen molar-refractivity contribution in [2.75, 3.05) is 32.0 Å². The van der Waals surface area contributed by atoms with E-state index in [2.05, 4.69) is 14.9 Å². The molecule has 16 heavy (non-hydrogen) atoms. The molecule has 2 heterocycles. The van der Waals surface area contributed by atoms with Crippen LogP contribution in [0.25, 0.3) is 0 Å². The van der Waals surface area contributed by atoms with Gasteiger partial charge in [0.05, 0.1) is 6.20 Å². The highest BCUT2D eigenvalue weighted by Crippen LogP contribution is 2.14. The SMILES string of the molecule is Nc1cncnc1OCCN1CCCCC1. The lowest BCUT2D eigenvalue weighted by Crippen LogP contribution is -2.33. The molecule has 1 aromatic rings. The average Bonchev–Trinajstić information content (AvgIpc) is 2.33. The normalized spacial score (nSPS) is 17.2. The predicted molar refractivity (Wildman–Crippen MR) is 62.2 cm³/mol. The maximum atomic E-state index is 5.68. The number of hydrogen-bond donors (Lipinski definition) is 1. The summed E-state index contributed by atoms with van der Waals surface area (Å²) in [5.74, 6) is 0.493. The molecule has 0 unspecified atom stereocenters. The second-order valence-electron chi connectivity index (χ2n) is 4.03. The van der Waals surface area contributed by atoms with Gasteiger partial charge in [0.15, 0.2) is 0 Å². The fourth-order valence-electron chi connectivity index (χ4n) is 1.90. The van der Waals surface area contributed by atoms with E-state index in [9.17, 15) is 0 Å². The van der Waals surface area contributed by atoms with Crippen molar-refractivity contribution < 1.29 is 4.74 Å². The average molecular weight is 222 g/mol. The number of rotatable bonds is 4. The van der Waals surface area contributed by atoms with Crippen LogP contribution in [0.3, 0.4) is 0 Å². The second-order valence-corrected chi connectivity index (χ2v) is 4.03. The monoisotopic (exact) mass is 222 g/mol. The fraction of sp³-hybridized carbons (Fsp3) is 0.636. The lowest BCUT2D eigenvalue weighted by Gasteiger charge is -2.26. The molecule has 1 aromatic heterocycles. The molecule has 0 atom stereocenters. The zero-order valence-corrected chi connectivity index (χ0v) is 9.43. The summed E-state index contributed by atoms with van der Waals surface area (Å²) < 4.78 is 5.52. The number of likely N-dealkylation sites (tertiary alicyclic amines) is 1.